The van der Waals surface area contributed by atoms with E-state index in [0.717, 1.165) is 24.4 Å². The van der Waals surface area contributed by atoms with Crippen molar-refractivity contribution in [3.8, 4) is 0 Å². The van der Waals surface area contributed by atoms with Gasteiger partial charge in [0.2, 0.25) is 0 Å². The van der Waals surface area contributed by atoms with Crippen LogP contribution in [-0.4, -0.2) is 15.8 Å². The maximum Gasteiger partial charge on any atom is 0.129 e. The van der Waals surface area contributed by atoms with Crippen molar-refractivity contribution in [2.24, 2.45) is 5.92 Å². The Labute approximate surface area is 84.4 Å². The molecule has 0 fully saturated rings. The van der Waals surface area contributed by atoms with Gasteiger partial charge < -0.3 is 0 Å². The van der Waals surface area contributed by atoms with Crippen LogP contribution >= 0.6 is 11.6 Å². The van der Waals surface area contributed by atoms with Crippen molar-refractivity contribution in [1.29, 1.82) is 0 Å². The van der Waals surface area contributed by atoms with Crippen LogP contribution in [0.2, 0.25) is 0 Å². The van der Waals surface area contributed by atoms with Gasteiger partial charge in [-0.15, -0.1) is 11.6 Å². The predicted octanol–water partition coefficient (Wildman–Crippen LogP) is 2.46. The van der Waals surface area contributed by atoms with Crippen LogP contribution in [-0.2, 0) is 12.8 Å². The van der Waals surface area contributed by atoms with Gasteiger partial charge >= 0.3 is 0 Å². The molecule has 3 heteroatoms. The summed E-state index contributed by atoms with van der Waals surface area (Å²) in [5.74, 6) is 2.08. The molecular weight excluding hydrogens is 184 g/mol. The first-order valence-corrected chi connectivity index (χ1v) is 5.12. The molecule has 0 aliphatic rings. The molecule has 2 nitrogen and oxygen atoms in total. The molecule has 1 heterocycles. The van der Waals surface area contributed by atoms with Crippen LogP contribution in [0.15, 0.2) is 12.3 Å². The second kappa shape index (κ2) is 5.18. The van der Waals surface area contributed by atoms with E-state index in [9.17, 15) is 0 Å². The molecule has 1 rings (SSSR count). The van der Waals surface area contributed by atoms with Crippen LogP contribution in [0.5, 0.6) is 0 Å². The molecule has 0 bridgehead atoms. The topological polar surface area (TPSA) is 25.8 Å². The summed E-state index contributed by atoms with van der Waals surface area (Å²) in [7, 11) is 0. The summed E-state index contributed by atoms with van der Waals surface area (Å²) in [5, 5.41) is 0. The van der Waals surface area contributed by atoms with Gasteiger partial charge in [-0.05, 0) is 18.4 Å². The van der Waals surface area contributed by atoms with Gasteiger partial charge in [-0.2, -0.15) is 0 Å². The molecule has 0 amide bonds. The first-order valence-electron chi connectivity index (χ1n) is 4.59. The summed E-state index contributed by atoms with van der Waals surface area (Å²) in [6, 6.07) is 1.97. The van der Waals surface area contributed by atoms with E-state index in [1.165, 1.54) is 0 Å². The molecule has 0 radical (unpaired) electrons. The number of alkyl halides is 1. The molecule has 0 N–H and O–H groups in total. The number of aromatic nitrogens is 2. The Morgan fingerprint density at radius 2 is 2.23 bits per heavy atom. The summed E-state index contributed by atoms with van der Waals surface area (Å²) in [5.41, 5.74) is 1.12. The third-order valence-corrected chi connectivity index (χ3v) is 1.89. The molecule has 1 aromatic rings. The molecule has 0 aliphatic heterocycles. The molecule has 0 aromatic carbocycles. The van der Waals surface area contributed by atoms with Crippen LogP contribution < -0.4 is 0 Å². The standard InChI is InChI=1S/C10H15ClN2/c1-8(2)7-9-4-6-12-10(13-9)3-5-11/h4,6,8H,3,5,7H2,1-2H3. The van der Waals surface area contributed by atoms with Gasteiger partial charge in [-0.3, -0.25) is 0 Å². The number of halogens is 1. The van der Waals surface area contributed by atoms with Crippen LogP contribution in [0, 0.1) is 5.92 Å². The first kappa shape index (κ1) is 10.5. The van der Waals surface area contributed by atoms with Gasteiger partial charge in [0.25, 0.3) is 0 Å². The van der Waals surface area contributed by atoms with Gasteiger partial charge in [0, 0.05) is 24.2 Å². The Morgan fingerprint density at radius 1 is 1.46 bits per heavy atom. The van der Waals surface area contributed by atoms with Crippen molar-refractivity contribution in [1.82, 2.24) is 9.97 Å². The van der Waals surface area contributed by atoms with E-state index in [4.69, 9.17) is 11.6 Å². The number of rotatable bonds is 4. The van der Waals surface area contributed by atoms with Crippen molar-refractivity contribution in [3.05, 3.63) is 23.8 Å². The summed E-state index contributed by atoms with van der Waals surface area (Å²) >= 11 is 5.61. The first-order chi connectivity index (χ1) is 6.22. The minimum atomic E-state index is 0.588. The summed E-state index contributed by atoms with van der Waals surface area (Å²) in [6.07, 6.45) is 3.58. The lowest BCUT2D eigenvalue weighted by Crippen LogP contribution is -2.02. The quantitative estimate of drug-likeness (QED) is 0.695. The molecule has 0 atom stereocenters. The van der Waals surface area contributed by atoms with Crippen LogP contribution in [0.4, 0.5) is 0 Å². The van der Waals surface area contributed by atoms with E-state index in [1.54, 1.807) is 0 Å². The van der Waals surface area contributed by atoms with Gasteiger partial charge in [-0.25, -0.2) is 9.97 Å². The van der Waals surface area contributed by atoms with Crippen molar-refractivity contribution in [2.75, 3.05) is 5.88 Å². The number of hydrogen-bond donors (Lipinski definition) is 0. The molecule has 0 unspecified atom stereocenters. The normalized spacial score (nSPS) is 10.8. The summed E-state index contributed by atoms with van der Waals surface area (Å²) < 4.78 is 0. The maximum absolute atomic E-state index is 5.61. The minimum absolute atomic E-state index is 0.588. The Kier molecular flexibility index (Phi) is 4.16. The van der Waals surface area contributed by atoms with Gasteiger partial charge in [-0.1, -0.05) is 13.8 Å². The average molecular weight is 199 g/mol. The van der Waals surface area contributed by atoms with E-state index < -0.39 is 0 Å². The number of nitrogens with zero attached hydrogens (tertiary/aromatic N) is 2. The van der Waals surface area contributed by atoms with Crippen LogP contribution in [0.3, 0.4) is 0 Å². The highest BCUT2D eigenvalue weighted by molar-refractivity contribution is 6.17. The van der Waals surface area contributed by atoms with Crippen LogP contribution in [0.25, 0.3) is 0 Å². The zero-order chi connectivity index (χ0) is 9.68. The third-order valence-electron chi connectivity index (χ3n) is 1.70. The largest absolute Gasteiger partial charge is 0.241 e. The van der Waals surface area contributed by atoms with E-state index in [0.29, 0.717) is 11.8 Å². The van der Waals surface area contributed by atoms with Crippen molar-refractivity contribution in [3.63, 3.8) is 0 Å². The molecule has 0 aliphatic carbocycles. The molecule has 13 heavy (non-hydrogen) atoms. The SMILES string of the molecule is CC(C)Cc1ccnc(CCCl)n1. The summed E-state index contributed by atoms with van der Waals surface area (Å²) in [6.45, 7) is 4.37. The van der Waals surface area contributed by atoms with Crippen molar-refractivity contribution < 1.29 is 0 Å². The third kappa shape index (κ3) is 3.73. The lowest BCUT2D eigenvalue weighted by Gasteiger charge is -2.04. The number of hydrogen-bond acceptors (Lipinski definition) is 2. The lowest BCUT2D eigenvalue weighted by molar-refractivity contribution is 0.630. The zero-order valence-corrected chi connectivity index (χ0v) is 8.88. The van der Waals surface area contributed by atoms with E-state index in [2.05, 4.69) is 23.8 Å². The lowest BCUT2D eigenvalue weighted by atomic mass is 10.1. The Balaban J connectivity index is 2.67. The fourth-order valence-electron chi connectivity index (χ4n) is 1.18. The van der Waals surface area contributed by atoms with E-state index in [-0.39, 0.29) is 0 Å². The molecule has 0 saturated carbocycles. The van der Waals surface area contributed by atoms with E-state index >= 15 is 0 Å². The van der Waals surface area contributed by atoms with Crippen molar-refractivity contribution >= 4 is 11.6 Å². The fourth-order valence-corrected chi connectivity index (χ4v) is 1.35. The highest BCUT2D eigenvalue weighted by atomic mass is 35.5. The predicted molar refractivity (Wildman–Crippen MR) is 55.0 cm³/mol. The fraction of sp³-hybridized carbons (Fsp3) is 0.600. The highest BCUT2D eigenvalue weighted by Crippen LogP contribution is 2.05. The molecular formula is C10H15ClN2. The Hall–Kier alpha value is -0.630. The van der Waals surface area contributed by atoms with E-state index in [1.807, 2.05) is 12.3 Å². The monoisotopic (exact) mass is 198 g/mol. The number of aryl methyl sites for hydroxylation is 1. The van der Waals surface area contributed by atoms with Gasteiger partial charge in [0.05, 0.1) is 0 Å². The van der Waals surface area contributed by atoms with Crippen molar-refractivity contribution in [2.45, 2.75) is 26.7 Å². The zero-order valence-electron chi connectivity index (χ0n) is 8.13. The van der Waals surface area contributed by atoms with Gasteiger partial charge in [0.1, 0.15) is 5.82 Å². The van der Waals surface area contributed by atoms with Crippen LogP contribution in [0.1, 0.15) is 25.4 Å². The second-order valence-electron chi connectivity index (χ2n) is 3.50. The molecule has 0 saturated heterocycles. The second-order valence-corrected chi connectivity index (χ2v) is 3.88. The minimum Gasteiger partial charge on any atom is -0.241 e. The Morgan fingerprint density at radius 3 is 2.85 bits per heavy atom. The summed E-state index contributed by atoms with van der Waals surface area (Å²) in [4.78, 5) is 8.55. The average Bonchev–Trinajstić information content (AvgIpc) is 2.04. The smallest absolute Gasteiger partial charge is 0.129 e. The highest BCUT2D eigenvalue weighted by Gasteiger charge is 2.01. The maximum atomic E-state index is 5.61. The van der Waals surface area contributed by atoms with Gasteiger partial charge in [0.15, 0.2) is 0 Å². The Bertz CT molecular complexity index is 261. The molecule has 1 aromatic heterocycles. The molecule has 72 valence electrons. The molecule has 0 spiro atoms.